The van der Waals surface area contributed by atoms with Gasteiger partial charge in [0.1, 0.15) is 0 Å². The Morgan fingerprint density at radius 3 is 1.25 bits per heavy atom. The fourth-order valence-corrected chi connectivity index (χ4v) is 6.69. The number of carbonyl (C=O) groups excluding carboxylic acids is 3. The first-order valence-electron chi connectivity index (χ1n) is 16.9. The van der Waals surface area contributed by atoms with E-state index < -0.39 is 56.4 Å². The van der Waals surface area contributed by atoms with Gasteiger partial charge in [0.15, 0.2) is 18.3 Å². The molecule has 2 unspecified atom stereocenters. The first-order valence-corrected chi connectivity index (χ1v) is 18.3. The highest BCUT2D eigenvalue weighted by Gasteiger charge is 2.54. The molecule has 0 spiro atoms. The van der Waals surface area contributed by atoms with Gasteiger partial charge in [0.25, 0.3) is 0 Å². The fraction of sp³-hybridized carbons (Fsp3) is 0.195. The van der Waals surface area contributed by atoms with Crippen LogP contribution in [0.25, 0.3) is 0 Å². The first kappa shape index (κ1) is 37.3. The Hall–Kier alpha value is -5.42. The predicted octanol–water partition coefficient (Wildman–Crippen LogP) is 7.97. The number of rotatable bonds is 14. The maximum atomic E-state index is 14.6. The van der Waals surface area contributed by atoms with Crippen LogP contribution in [0, 0.1) is 0 Å². The molecule has 6 rings (SSSR count). The van der Waals surface area contributed by atoms with Crippen LogP contribution in [-0.4, -0.2) is 48.6 Å². The van der Waals surface area contributed by atoms with Crippen LogP contribution in [0.4, 0.5) is 0 Å². The molecule has 5 atom stereocenters. The molecule has 1 saturated heterocycles. The minimum Gasteiger partial charge on any atom is -0.452 e. The van der Waals surface area contributed by atoms with E-state index in [2.05, 4.69) is 0 Å². The summed E-state index contributed by atoms with van der Waals surface area (Å²) in [6.45, 7) is 1.21. The Morgan fingerprint density at radius 1 is 0.509 bits per heavy atom. The van der Waals surface area contributed by atoms with Crippen molar-refractivity contribution in [1.82, 2.24) is 0 Å². The van der Waals surface area contributed by atoms with Crippen molar-refractivity contribution in [3.8, 4) is 0 Å². The Labute approximate surface area is 306 Å². The quantitative estimate of drug-likeness (QED) is 0.0625. The summed E-state index contributed by atoms with van der Waals surface area (Å²) in [7, 11) is -4.58. The second-order valence-electron chi connectivity index (χ2n) is 12.0. The summed E-state index contributed by atoms with van der Waals surface area (Å²) >= 11 is 0. The first-order chi connectivity index (χ1) is 25.8. The molecule has 11 nitrogen and oxygen atoms in total. The van der Waals surface area contributed by atoms with E-state index in [0.717, 1.165) is 0 Å². The Kier molecular flexibility index (Phi) is 12.6. The molecule has 0 bridgehead atoms. The van der Waals surface area contributed by atoms with Gasteiger partial charge in [-0.15, -0.1) is 0 Å². The van der Waals surface area contributed by atoms with Gasteiger partial charge in [-0.2, -0.15) is 0 Å². The lowest BCUT2D eigenvalue weighted by Gasteiger charge is -2.43. The fourth-order valence-electron chi connectivity index (χ4n) is 5.46. The van der Waals surface area contributed by atoms with Gasteiger partial charge in [-0.05, 0) is 54.4 Å². The zero-order valence-corrected chi connectivity index (χ0v) is 29.6. The average Bonchev–Trinajstić information content (AvgIpc) is 3.20. The second kappa shape index (κ2) is 17.9. The van der Waals surface area contributed by atoms with Crippen LogP contribution < -0.4 is 0 Å². The molecule has 0 N–H and O–H groups in total. The van der Waals surface area contributed by atoms with E-state index in [1.54, 1.807) is 122 Å². The van der Waals surface area contributed by atoms with Gasteiger partial charge in [0.2, 0.25) is 6.29 Å². The number of carbonyl (C=O) groups is 3. The van der Waals surface area contributed by atoms with E-state index in [1.807, 2.05) is 12.1 Å². The average molecular weight is 737 g/mol. The molecule has 5 aromatic carbocycles. The normalized spacial score (nSPS) is 19.8. The third-order valence-corrected chi connectivity index (χ3v) is 9.54. The summed E-state index contributed by atoms with van der Waals surface area (Å²) in [5.41, 5.74) is 1.89. The molecule has 1 fully saturated rings. The molecular formula is C41H37O11P. The Bertz CT molecular complexity index is 1930. The number of esters is 3. The summed E-state index contributed by atoms with van der Waals surface area (Å²) in [6, 6.07) is 42.3. The van der Waals surface area contributed by atoms with E-state index in [9.17, 15) is 18.9 Å². The molecular weight excluding hydrogens is 699 g/mol. The van der Waals surface area contributed by atoms with Gasteiger partial charge in [-0.25, -0.2) is 18.9 Å². The van der Waals surface area contributed by atoms with Crippen LogP contribution >= 0.6 is 7.82 Å². The number of hydrogen-bond donors (Lipinski definition) is 0. The van der Waals surface area contributed by atoms with Crippen molar-refractivity contribution in [2.75, 3.05) is 0 Å². The lowest BCUT2D eigenvalue weighted by atomic mass is 9.98. The van der Waals surface area contributed by atoms with E-state index >= 15 is 0 Å². The number of benzene rings is 5. The monoisotopic (exact) mass is 736 g/mol. The van der Waals surface area contributed by atoms with Crippen LogP contribution in [0.5, 0.6) is 0 Å². The molecule has 272 valence electrons. The number of phosphoric ester groups is 1. The number of hydrogen-bond acceptors (Lipinski definition) is 11. The van der Waals surface area contributed by atoms with Crippen LogP contribution in [0.1, 0.15) is 49.1 Å². The van der Waals surface area contributed by atoms with Gasteiger partial charge in [0.05, 0.1) is 36.0 Å². The van der Waals surface area contributed by atoms with Crippen LogP contribution in [0.2, 0.25) is 0 Å². The standard InChI is InChI=1S/C41H37O11P/c1-29-35(49-38(42)32-21-11-4-12-22-32)36(50-39(43)33-23-13-5-14-24-33)37(51-40(44)34-25-15-6-16-26-34)41(48-29)52-53(45,46-27-30-17-7-2-8-18-30)47-28-31-19-9-3-10-20-31/h2-26,29,35-37,41H,27-28H2,1H3/t29?,35-,36+,37?,41-/m1/s1. The highest BCUT2D eigenvalue weighted by molar-refractivity contribution is 7.48. The maximum absolute atomic E-state index is 14.6. The zero-order valence-electron chi connectivity index (χ0n) is 28.7. The van der Waals surface area contributed by atoms with Gasteiger partial charge in [-0.1, -0.05) is 115 Å². The molecule has 5 aromatic rings. The van der Waals surface area contributed by atoms with Crippen LogP contribution in [0.15, 0.2) is 152 Å². The summed E-state index contributed by atoms with van der Waals surface area (Å²) in [6.07, 6.45) is -7.30. The highest BCUT2D eigenvalue weighted by Crippen LogP contribution is 2.53. The lowest BCUT2D eigenvalue weighted by molar-refractivity contribution is -0.271. The highest BCUT2D eigenvalue weighted by atomic mass is 31.2. The van der Waals surface area contributed by atoms with E-state index in [-0.39, 0.29) is 29.9 Å². The van der Waals surface area contributed by atoms with E-state index in [4.69, 9.17) is 32.5 Å². The van der Waals surface area contributed by atoms with Gasteiger partial charge < -0.3 is 18.9 Å². The largest absolute Gasteiger partial charge is 0.477 e. The van der Waals surface area contributed by atoms with Crippen molar-refractivity contribution in [3.05, 3.63) is 179 Å². The summed E-state index contributed by atoms with van der Waals surface area (Å²) < 4.78 is 56.5. The second-order valence-corrected chi connectivity index (χ2v) is 13.6. The third-order valence-electron chi connectivity index (χ3n) is 8.18. The summed E-state index contributed by atoms with van der Waals surface area (Å²) in [5, 5.41) is 0. The molecule has 1 heterocycles. The summed E-state index contributed by atoms with van der Waals surface area (Å²) in [4.78, 5) is 40.7. The molecule has 0 radical (unpaired) electrons. The minimum absolute atomic E-state index is 0.152. The molecule has 0 aromatic heterocycles. The van der Waals surface area contributed by atoms with Crippen molar-refractivity contribution >= 4 is 25.7 Å². The predicted molar refractivity (Wildman–Crippen MR) is 192 cm³/mol. The van der Waals surface area contributed by atoms with E-state index in [1.165, 1.54) is 24.3 Å². The van der Waals surface area contributed by atoms with Crippen LogP contribution in [0.3, 0.4) is 0 Å². The SMILES string of the molecule is CC1O[C@H](OP(=O)(OCc2ccccc2)OCc2ccccc2)C(OC(=O)c2ccccc2)[C@@H](OC(=O)c2ccccc2)[C@@H]1OC(=O)c1ccccc1. The molecule has 0 saturated carbocycles. The van der Waals surface area contributed by atoms with Crippen molar-refractivity contribution < 1.29 is 51.5 Å². The molecule has 1 aliphatic heterocycles. The number of ether oxygens (including phenoxy) is 4. The maximum Gasteiger partial charge on any atom is 0.477 e. The van der Waals surface area contributed by atoms with Gasteiger partial charge in [0, 0.05) is 0 Å². The molecule has 0 amide bonds. The van der Waals surface area contributed by atoms with Crippen LogP contribution in [-0.2, 0) is 50.3 Å². The molecule has 53 heavy (non-hydrogen) atoms. The third kappa shape index (κ3) is 10.1. The van der Waals surface area contributed by atoms with E-state index in [0.29, 0.717) is 11.1 Å². The molecule has 0 aliphatic carbocycles. The van der Waals surface area contributed by atoms with Crippen molar-refractivity contribution in [2.24, 2.45) is 0 Å². The Morgan fingerprint density at radius 2 is 0.849 bits per heavy atom. The topological polar surface area (TPSA) is 133 Å². The zero-order chi connectivity index (χ0) is 37.0. The van der Waals surface area contributed by atoms with Crippen molar-refractivity contribution in [1.29, 1.82) is 0 Å². The summed E-state index contributed by atoms with van der Waals surface area (Å²) in [5.74, 6) is -2.40. The van der Waals surface area contributed by atoms with Crippen molar-refractivity contribution in [3.63, 3.8) is 0 Å². The minimum atomic E-state index is -4.58. The molecule has 1 aliphatic rings. The Balaban J connectivity index is 1.37. The smallest absolute Gasteiger partial charge is 0.452 e. The molecule has 12 heteroatoms. The number of phosphoric acid groups is 1. The van der Waals surface area contributed by atoms with Gasteiger partial charge in [-0.3, -0.25) is 13.6 Å². The van der Waals surface area contributed by atoms with Crippen molar-refractivity contribution in [2.45, 2.75) is 50.8 Å². The van der Waals surface area contributed by atoms with Gasteiger partial charge >= 0.3 is 25.7 Å². The lowest BCUT2D eigenvalue weighted by Crippen LogP contribution is -2.61.